The monoisotopic (exact) mass is 424 g/mol. The molecular weight excluding hydrogens is 399 g/mol. The summed E-state index contributed by atoms with van der Waals surface area (Å²) in [4.78, 5) is 24.8. The smallest absolute Gasteiger partial charge is 0.234 e. The number of aryl methyl sites for hydroxylation is 1. The lowest BCUT2D eigenvalue weighted by Crippen LogP contribution is -2.39. The van der Waals surface area contributed by atoms with Crippen LogP contribution in [0.15, 0.2) is 58.5 Å². The number of hydrogen-bond acceptors (Lipinski definition) is 5. The number of rotatable bonds is 4. The molecule has 30 heavy (non-hydrogen) atoms. The molecule has 1 N–H and O–H groups in total. The number of nitrogens with one attached hydrogen (secondary N) is 1. The summed E-state index contributed by atoms with van der Waals surface area (Å²) in [5.74, 6) is -0.379. The maximum atomic E-state index is 13.4. The van der Waals surface area contributed by atoms with Crippen LogP contribution >= 0.6 is 11.8 Å². The predicted molar refractivity (Wildman–Crippen MR) is 122 cm³/mol. The van der Waals surface area contributed by atoms with Crippen molar-refractivity contribution in [3.8, 4) is 0 Å². The van der Waals surface area contributed by atoms with Crippen molar-refractivity contribution in [1.29, 1.82) is 0 Å². The number of halogens is 1. The lowest BCUT2D eigenvalue weighted by molar-refractivity contribution is -0.113. The van der Waals surface area contributed by atoms with Crippen molar-refractivity contribution < 1.29 is 9.18 Å². The third-order valence-electron chi connectivity index (χ3n) is 5.39. The highest BCUT2D eigenvalue weighted by Gasteiger charge is 2.39. The van der Waals surface area contributed by atoms with Gasteiger partial charge < -0.3 is 10.2 Å². The third kappa shape index (κ3) is 4.79. The fourth-order valence-electron chi connectivity index (χ4n) is 3.62. The summed E-state index contributed by atoms with van der Waals surface area (Å²) in [6, 6.07) is 14.2. The summed E-state index contributed by atoms with van der Waals surface area (Å²) in [5, 5.41) is 3.55. The van der Waals surface area contributed by atoms with Crippen molar-refractivity contribution in [1.82, 2.24) is 4.90 Å². The number of carbonyl (C=O) groups excluding carboxylic acids is 1. The van der Waals surface area contributed by atoms with E-state index in [4.69, 9.17) is 9.98 Å². The minimum atomic E-state index is -0.423. The average Bonchev–Trinajstić information content (AvgIpc) is 3.08. The minimum absolute atomic E-state index is 0.191. The zero-order valence-electron chi connectivity index (χ0n) is 17.2. The summed E-state index contributed by atoms with van der Waals surface area (Å²) in [6.07, 6.45) is 1.75. The Hall–Kier alpha value is -2.51. The summed E-state index contributed by atoms with van der Waals surface area (Å²) in [5.41, 5.74) is 3.10. The molecule has 0 atom stereocenters. The Morgan fingerprint density at radius 1 is 1.17 bits per heavy atom. The molecular formula is C23H25FN4OS. The molecule has 1 saturated heterocycles. The van der Waals surface area contributed by atoms with Crippen LogP contribution < -0.4 is 5.32 Å². The highest BCUT2D eigenvalue weighted by molar-refractivity contribution is 8.16. The van der Waals surface area contributed by atoms with Crippen molar-refractivity contribution in [3.63, 3.8) is 0 Å². The highest BCUT2D eigenvalue weighted by Crippen LogP contribution is 2.35. The minimum Gasteiger partial charge on any atom is -0.325 e. The van der Waals surface area contributed by atoms with Crippen molar-refractivity contribution in [2.24, 2.45) is 9.98 Å². The number of hydrogen-bond donors (Lipinski definition) is 1. The van der Waals surface area contributed by atoms with E-state index in [1.165, 1.54) is 29.5 Å². The van der Waals surface area contributed by atoms with Crippen LogP contribution in [-0.2, 0) is 4.79 Å². The largest absolute Gasteiger partial charge is 0.325 e. The van der Waals surface area contributed by atoms with Crippen LogP contribution in [0.3, 0.4) is 0 Å². The van der Waals surface area contributed by atoms with E-state index >= 15 is 0 Å². The Labute approximate surface area is 180 Å². The lowest BCUT2D eigenvalue weighted by Gasteiger charge is -2.33. The van der Waals surface area contributed by atoms with Crippen LogP contribution in [0.5, 0.6) is 0 Å². The molecule has 4 rings (SSSR count). The molecule has 1 fully saturated rings. The van der Waals surface area contributed by atoms with Gasteiger partial charge in [0.2, 0.25) is 5.91 Å². The van der Waals surface area contributed by atoms with Gasteiger partial charge in [0.25, 0.3) is 0 Å². The summed E-state index contributed by atoms with van der Waals surface area (Å²) in [6.45, 7) is 3.96. The van der Waals surface area contributed by atoms with E-state index in [0.29, 0.717) is 5.69 Å². The molecule has 156 valence electrons. The van der Waals surface area contributed by atoms with E-state index in [-0.39, 0.29) is 17.5 Å². The maximum Gasteiger partial charge on any atom is 0.234 e. The first-order valence-corrected chi connectivity index (χ1v) is 11.0. The van der Waals surface area contributed by atoms with Crippen molar-refractivity contribution in [3.05, 3.63) is 65.5 Å². The number of aliphatic imine (C=N–C) groups is 2. The Kier molecular flexibility index (Phi) is 6.01. The number of nitrogens with zero attached hydrogens (tertiary/aromatic N) is 3. The van der Waals surface area contributed by atoms with E-state index in [0.717, 1.165) is 42.3 Å². The Balaban J connectivity index is 1.51. The summed E-state index contributed by atoms with van der Waals surface area (Å²) < 4.78 is 13.4. The molecule has 2 aromatic rings. The van der Waals surface area contributed by atoms with Crippen molar-refractivity contribution in [2.45, 2.75) is 25.4 Å². The van der Waals surface area contributed by atoms with Crippen LogP contribution in [-0.4, -0.2) is 53.1 Å². The maximum absolute atomic E-state index is 13.4. The molecule has 2 aliphatic rings. The second-order valence-electron chi connectivity index (χ2n) is 7.88. The second-order valence-corrected chi connectivity index (χ2v) is 8.84. The number of piperidine rings is 1. The van der Waals surface area contributed by atoms with E-state index in [9.17, 15) is 9.18 Å². The van der Waals surface area contributed by atoms with Crippen LogP contribution in [0, 0.1) is 12.7 Å². The zero-order chi connectivity index (χ0) is 21.1. The fraction of sp³-hybridized carbons (Fsp3) is 0.348. The molecule has 0 bridgehead atoms. The molecule has 1 amide bonds. The number of amides is 1. The third-order valence-corrected chi connectivity index (χ3v) is 6.36. The first-order valence-electron chi connectivity index (χ1n) is 10.1. The van der Waals surface area contributed by atoms with Gasteiger partial charge in [0.15, 0.2) is 5.66 Å². The first-order chi connectivity index (χ1) is 14.4. The highest BCUT2D eigenvalue weighted by atomic mass is 32.2. The first kappa shape index (κ1) is 20.8. The fourth-order valence-corrected chi connectivity index (χ4v) is 4.50. The number of thioether (sulfide) groups is 1. The predicted octanol–water partition coefficient (Wildman–Crippen LogP) is 4.13. The number of benzene rings is 2. The Morgan fingerprint density at radius 3 is 2.60 bits per heavy atom. The summed E-state index contributed by atoms with van der Waals surface area (Å²) >= 11 is 1.39. The van der Waals surface area contributed by atoms with Crippen LogP contribution in [0.2, 0.25) is 0 Å². The molecule has 2 heterocycles. The molecule has 7 heteroatoms. The number of anilines is 1. The SMILES string of the molecule is Cc1ccc(C2=NC3(CCN(C)CC3)N=C2SCC(=O)Nc2cccc(F)c2)cc1. The van der Waals surface area contributed by atoms with Crippen LogP contribution in [0.25, 0.3) is 0 Å². The lowest BCUT2D eigenvalue weighted by atomic mass is 9.99. The molecule has 5 nitrogen and oxygen atoms in total. The molecule has 2 aromatic carbocycles. The van der Waals surface area contributed by atoms with Gasteiger partial charge in [-0.1, -0.05) is 47.7 Å². The van der Waals surface area contributed by atoms with E-state index < -0.39 is 5.66 Å². The van der Waals surface area contributed by atoms with E-state index in [2.05, 4.69) is 48.5 Å². The van der Waals surface area contributed by atoms with Gasteiger partial charge in [-0.3, -0.25) is 9.79 Å². The van der Waals surface area contributed by atoms with Gasteiger partial charge >= 0.3 is 0 Å². The molecule has 0 aliphatic carbocycles. The van der Waals surface area contributed by atoms with E-state index in [1.54, 1.807) is 12.1 Å². The topological polar surface area (TPSA) is 57.1 Å². The van der Waals surface area contributed by atoms with E-state index in [1.807, 2.05) is 0 Å². The number of likely N-dealkylation sites (tertiary alicyclic amines) is 1. The van der Waals surface area contributed by atoms with Crippen molar-refractivity contribution in [2.75, 3.05) is 31.2 Å². The molecule has 0 unspecified atom stereocenters. The Morgan fingerprint density at radius 2 is 1.90 bits per heavy atom. The van der Waals surface area contributed by atoms with Gasteiger partial charge in [-0.2, -0.15) is 0 Å². The summed E-state index contributed by atoms with van der Waals surface area (Å²) in [7, 11) is 2.11. The second kappa shape index (κ2) is 8.70. The van der Waals surface area contributed by atoms with Gasteiger partial charge in [0, 0.05) is 37.2 Å². The van der Waals surface area contributed by atoms with Gasteiger partial charge in [0.1, 0.15) is 10.9 Å². The van der Waals surface area contributed by atoms with Gasteiger partial charge in [0.05, 0.1) is 11.5 Å². The zero-order valence-corrected chi connectivity index (χ0v) is 18.0. The average molecular weight is 425 g/mol. The quantitative estimate of drug-likeness (QED) is 0.803. The number of carbonyl (C=O) groups is 1. The van der Waals surface area contributed by atoms with Gasteiger partial charge in [-0.25, -0.2) is 9.38 Å². The normalized spacial score (nSPS) is 18.2. The molecule has 2 aliphatic heterocycles. The molecule has 1 spiro atoms. The van der Waals surface area contributed by atoms with Crippen LogP contribution in [0.4, 0.5) is 10.1 Å². The van der Waals surface area contributed by atoms with Crippen molar-refractivity contribution >= 4 is 34.1 Å². The molecule has 0 aromatic heterocycles. The van der Waals surface area contributed by atoms with Crippen LogP contribution in [0.1, 0.15) is 24.0 Å². The van der Waals surface area contributed by atoms with Gasteiger partial charge in [-0.15, -0.1) is 0 Å². The standard InChI is InChI=1S/C23H25FN4OS/c1-16-6-8-17(9-7-16)21-22(27-23(26-21)10-12-28(2)13-11-23)30-15-20(29)25-19-5-3-4-18(24)14-19/h3-9,14H,10-13,15H2,1-2H3,(H,25,29). The molecule has 0 saturated carbocycles. The Bertz CT molecular complexity index is 995. The van der Waals surface area contributed by atoms with Gasteiger partial charge in [-0.05, 0) is 32.2 Å². The molecule has 0 radical (unpaired) electrons.